The predicted molar refractivity (Wildman–Crippen MR) is 65.9 cm³/mol. The number of halogens is 3. The second-order valence-electron chi connectivity index (χ2n) is 4.77. The SMILES string of the molecule is Cc1c(NN)nc(C2CC2)nc1N(C)CC(F)(F)F. The van der Waals surface area contributed by atoms with Gasteiger partial charge in [0.05, 0.1) is 0 Å². The average Bonchev–Trinajstić information content (AvgIpc) is 3.10. The van der Waals surface area contributed by atoms with Crippen LogP contribution in [-0.2, 0) is 0 Å². The molecule has 3 N–H and O–H groups in total. The molecule has 0 bridgehead atoms. The van der Waals surface area contributed by atoms with Crippen LogP contribution in [0.3, 0.4) is 0 Å². The average molecular weight is 275 g/mol. The van der Waals surface area contributed by atoms with Crippen LogP contribution in [0.25, 0.3) is 0 Å². The van der Waals surface area contributed by atoms with Crippen molar-refractivity contribution >= 4 is 11.6 Å². The first-order chi connectivity index (χ1) is 8.81. The molecule has 0 aliphatic heterocycles. The molecule has 0 aromatic carbocycles. The zero-order valence-electron chi connectivity index (χ0n) is 10.8. The van der Waals surface area contributed by atoms with Crippen LogP contribution >= 0.6 is 0 Å². The van der Waals surface area contributed by atoms with Gasteiger partial charge in [0.15, 0.2) is 0 Å². The minimum atomic E-state index is -4.28. The highest BCUT2D eigenvalue weighted by Crippen LogP contribution is 2.40. The van der Waals surface area contributed by atoms with Crippen LogP contribution < -0.4 is 16.2 Å². The van der Waals surface area contributed by atoms with E-state index >= 15 is 0 Å². The minimum Gasteiger partial charge on any atom is -0.350 e. The Morgan fingerprint density at radius 1 is 1.37 bits per heavy atom. The van der Waals surface area contributed by atoms with Gasteiger partial charge in [-0.2, -0.15) is 13.2 Å². The highest BCUT2D eigenvalue weighted by atomic mass is 19.4. The normalized spacial score (nSPS) is 15.5. The fourth-order valence-electron chi connectivity index (χ4n) is 1.90. The number of rotatable bonds is 4. The first-order valence-corrected chi connectivity index (χ1v) is 5.95. The van der Waals surface area contributed by atoms with Crippen molar-refractivity contribution in [1.82, 2.24) is 9.97 Å². The van der Waals surface area contributed by atoms with E-state index in [-0.39, 0.29) is 11.7 Å². The van der Waals surface area contributed by atoms with Crippen molar-refractivity contribution < 1.29 is 13.2 Å². The molecule has 8 heteroatoms. The van der Waals surface area contributed by atoms with Crippen LogP contribution in [0.5, 0.6) is 0 Å². The van der Waals surface area contributed by atoms with Gasteiger partial charge in [0.25, 0.3) is 0 Å². The lowest BCUT2D eigenvalue weighted by atomic mass is 10.2. The number of hydrogen-bond donors (Lipinski definition) is 2. The summed E-state index contributed by atoms with van der Waals surface area (Å²) in [4.78, 5) is 9.56. The Balaban J connectivity index is 2.34. The zero-order valence-corrected chi connectivity index (χ0v) is 10.8. The zero-order chi connectivity index (χ0) is 14.2. The van der Waals surface area contributed by atoms with Crippen molar-refractivity contribution in [2.24, 2.45) is 5.84 Å². The van der Waals surface area contributed by atoms with Gasteiger partial charge in [0, 0.05) is 18.5 Å². The summed E-state index contributed by atoms with van der Waals surface area (Å²) >= 11 is 0. The second kappa shape index (κ2) is 4.84. The lowest BCUT2D eigenvalue weighted by molar-refractivity contribution is -0.119. The van der Waals surface area contributed by atoms with E-state index < -0.39 is 12.7 Å². The molecule has 1 aromatic rings. The van der Waals surface area contributed by atoms with Crippen molar-refractivity contribution in [3.05, 3.63) is 11.4 Å². The van der Waals surface area contributed by atoms with Gasteiger partial charge in [0.2, 0.25) is 0 Å². The number of nitrogens with zero attached hydrogens (tertiary/aromatic N) is 3. The standard InChI is InChI=1S/C11H16F3N5/c1-6-8(18-15)16-9(7-3-4-7)17-10(6)19(2)5-11(12,13)14/h7H,3-5,15H2,1-2H3,(H,16,17,18). The van der Waals surface area contributed by atoms with Gasteiger partial charge in [-0.3, -0.25) is 0 Å². The van der Waals surface area contributed by atoms with E-state index in [1.165, 1.54) is 7.05 Å². The number of hydrazine groups is 1. The van der Waals surface area contributed by atoms with Gasteiger partial charge in [-0.1, -0.05) is 0 Å². The molecule has 106 valence electrons. The Morgan fingerprint density at radius 2 is 2.00 bits per heavy atom. The van der Waals surface area contributed by atoms with Gasteiger partial charge >= 0.3 is 6.18 Å². The smallest absolute Gasteiger partial charge is 0.350 e. The van der Waals surface area contributed by atoms with E-state index in [9.17, 15) is 13.2 Å². The summed E-state index contributed by atoms with van der Waals surface area (Å²) in [6.07, 6.45) is -2.34. The van der Waals surface area contributed by atoms with Crippen LogP contribution in [0.2, 0.25) is 0 Å². The summed E-state index contributed by atoms with van der Waals surface area (Å²) in [5.41, 5.74) is 2.93. The predicted octanol–water partition coefficient (Wildman–Crippen LogP) is 1.95. The molecule has 0 saturated heterocycles. The molecule has 5 nitrogen and oxygen atoms in total. The Bertz CT molecular complexity index is 470. The lowest BCUT2D eigenvalue weighted by Gasteiger charge is -2.23. The van der Waals surface area contributed by atoms with Crippen LogP contribution in [-0.4, -0.2) is 29.7 Å². The summed E-state index contributed by atoms with van der Waals surface area (Å²) in [7, 11) is 1.36. The molecule has 0 radical (unpaired) electrons. The Kier molecular flexibility index (Phi) is 3.53. The van der Waals surface area contributed by atoms with Crippen LogP contribution in [0.15, 0.2) is 0 Å². The third kappa shape index (κ3) is 3.25. The number of nitrogen functional groups attached to an aromatic ring is 1. The molecule has 0 amide bonds. The van der Waals surface area contributed by atoms with E-state index in [0.29, 0.717) is 17.2 Å². The Morgan fingerprint density at radius 3 is 2.47 bits per heavy atom. The fraction of sp³-hybridized carbons (Fsp3) is 0.636. The highest BCUT2D eigenvalue weighted by molar-refractivity contribution is 5.58. The number of aromatic nitrogens is 2. The van der Waals surface area contributed by atoms with Crippen LogP contribution in [0.4, 0.5) is 24.8 Å². The van der Waals surface area contributed by atoms with E-state index in [2.05, 4.69) is 15.4 Å². The van der Waals surface area contributed by atoms with E-state index in [0.717, 1.165) is 17.7 Å². The van der Waals surface area contributed by atoms with Crippen molar-refractivity contribution in [2.75, 3.05) is 23.9 Å². The maximum atomic E-state index is 12.5. The van der Waals surface area contributed by atoms with Crippen molar-refractivity contribution in [3.63, 3.8) is 0 Å². The summed E-state index contributed by atoms with van der Waals surface area (Å²) in [5, 5.41) is 0. The molecule has 1 heterocycles. The molecule has 1 aliphatic rings. The molecule has 2 rings (SSSR count). The molecule has 0 atom stereocenters. The monoisotopic (exact) mass is 275 g/mol. The molecule has 1 aromatic heterocycles. The quantitative estimate of drug-likeness (QED) is 0.649. The number of nitrogens with one attached hydrogen (secondary N) is 1. The van der Waals surface area contributed by atoms with Gasteiger partial charge in [-0.25, -0.2) is 15.8 Å². The van der Waals surface area contributed by atoms with Crippen LogP contribution in [0, 0.1) is 6.92 Å². The molecule has 1 fully saturated rings. The third-order valence-corrected chi connectivity index (χ3v) is 2.99. The highest BCUT2D eigenvalue weighted by Gasteiger charge is 2.32. The van der Waals surface area contributed by atoms with Gasteiger partial charge in [0.1, 0.15) is 24.0 Å². The summed E-state index contributed by atoms with van der Waals surface area (Å²) < 4.78 is 37.4. The number of nitrogens with two attached hydrogens (primary N) is 1. The molecular weight excluding hydrogens is 259 g/mol. The maximum Gasteiger partial charge on any atom is 0.405 e. The Labute approximate surface area is 109 Å². The van der Waals surface area contributed by atoms with Crippen molar-refractivity contribution in [1.29, 1.82) is 0 Å². The topological polar surface area (TPSA) is 67.1 Å². The Hall–Kier alpha value is -1.57. The molecule has 1 saturated carbocycles. The first-order valence-electron chi connectivity index (χ1n) is 5.95. The molecule has 0 spiro atoms. The van der Waals surface area contributed by atoms with E-state index in [1.807, 2.05) is 0 Å². The fourth-order valence-corrected chi connectivity index (χ4v) is 1.90. The van der Waals surface area contributed by atoms with Crippen LogP contribution in [0.1, 0.15) is 30.1 Å². The maximum absolute atomic E-state index is 12.5. The first kappa shape index (κ1) is 13.9. The third-order valence-electron chi connectivity index (χ3n) is 2.99. The summed E-state index contributed by atoms with van der Waals surface area (Å²) in [6.45, 7) is 0.590. The number of anilines is 2. The lowest BCUT2D eigenvalue weighted by Crippen LogP contribution is -2.32. The molecule has 0 unspecified atom stereocenters. The second-order valence-corrected chi connectivity index (χ2v) is 4.77. The summed E-state index contributed by atoms with van der Waals surface area (Å²) in [6, 6.07) is 0. The molecule has 1 aliphatic carbocycles. The largest absolute Gasteiger partial charge is 0.405 e. The molecular formula is C11H16F3N5. The van der Waals surface area contributed by atoms with E-state index in [1.54, 1.807) is 6.92 Å². The minimum absolute atomic E-state index is 0.241. The number of hydrogen-bond acceptors (Lipinski definition) is 5. The van der Waals surface area contributed by atoms with Gasteiger partial charge < -0.3 is 10.3 Å². The van der Waals surface area contributed by atoms with E-state index in [4.69, 9.17) is 5.84 Å². The van der Waals surface area contributed by atoms with Crippen molar-refractivity contribution in [2.45, 2.75) is 31.9 Å². The molecule has 19 heavy (non-hydrogen) atoms. The number of alkyl halides is 3. The van der Waals surface area contributed by atoms with Gasteiger partial charge in [-0.05, 0) is 19.8 Å². The van der Waals surface area contributed by atoms with Crippen molar-refractivity contribution in [3.8, 4) is 0 Å². The van der Waals surface area contributed by atoms with Gasteiger partial charge in [-0.15, -0.1) is 0 Å². The summed E-state index contributed by atoms with van der Waals surface area (Å²) in [5.74, 6) is 6.80.